The Morgan fingerprint density at radius 1 is 1.04 bits per heavy atom. The number of carbonyl (C=O) groups is 1. The third kappa shape index (κ3) is 3.45. The molecule has 2 heterocycles. The van der Waals surface area contributed by atoms with Crippen LogP contribution in [0.4, 0.5) is 23.1 Å². The molecule has 0 aliphatic carbocycles. The summed E-state index contributed by atoms with van der Waals surface area (Å²) in [4.78, 5) is 20.1. The lowest BCUT2D eigenvalue weighted by Crippen LogP contribution is -2.03. The van der Waals surface area contributed by atoms with Gasteiger partial charge in [0, 0.05) is 11.4 Å². The molecule has 6 bridgehead atoms. The Kier molecular flexibility index (Phi) is 4.18. The minimum absolute atomic E-state index is 0.220. The van der Waals surface area contributed by atoms with E-state index in [1.165, 1.54) is 6.20 Å². The van der Waals surface area contributed by atoms with E-state index < -0.39 is 5.97 Å². The first kappa shape index (κ1) is 16.4. The number of aromatic carboxylic acids is 1. The van der Waals surface area contributed by atoms with E-state index in [1.54, 1.807) is 12.1 Å². The number of aromatic nitrogens is 2. The van der Waals surface area contributed by atoms with E-state index in [4.69, 9.17) is 11.6 Å². The highest BCUT2D eigenvalue weighted by Gasteiger charge is 2.12. The molecule has 0 atom stereocenters. The number of hydrogen-bond donors (Lipinski definition) is 3. The number of hydrogen-bond acceptors (Lipinski definition) is 5. The van der Waals surface area contributed by atoms with Crippen LogP contribution in [-0.2, 0) is 12.8 Å². The Hall–Kier alpha value is -3.12. The van der Waals surface area contributed by atoms with Crippen LogP contribution >= 0.6 is 11.6 Å². The normalized spacial score (nSPS) is 12.7. The molecule has 130 valence electrons. The zero-order valence-electron chi connectivity index (χ0n) is 13.7. The van der Waals surface area contributed by atoms with Gasteiger partial charge in [-0.05, 0) is 54.3 Å². The monoisotopic (exact) mass is 366 g/mol. The predicted octanol–water partition coefficient (Wildman–Crippen LogP) is 4.41. The summed E-state index contributed by atoms with van der Waals surface area (Å²) in [5.74, 6) is -0.159. The third-order valence-electron chi connectivity index (χ3n) is 4.13. The van der Waals surface area contributed by atoms with Gasteiger partial charge in [0.15, 0.2) is 5.82 Å². The second-order valence-corrected chi connectivity index (χ2v) is 6.47. The minimum Gasteiger partial charge on any atom is -0.478 e. The van der Waals surface area contributed by atoms with Crippen molar-refractivity contribution in [3.63, 3.8) is 0 Å². The Balaban J connectivity index is 1.86. The van der Waals surface area contributed by atoms with E-state index in [0.717, 1.165) is 29.7 Å². The van der Waals surface area contributed by atoms with Crippen molar-refractivity contribution in [2.75, 3.05) is 10.6 Å². The van der Waals surface area contributed by atoms with Crippen LogP contribution in [0.1, 0.15) is 21.5 Å². The number of nitrogens with one attached hydrogen (secondary N) is 2. The number of halogens is 1. The fourth-order valence-corrected chi connectivity index (χ4v) is 3.04. The third-order valence-corrected chi connectivity index (χ3v) is 4.41. The average molecular weight is 367 g/mol. The van der Waals surface area contributed by atoms with Crippen molar-refractivity contribution >= 4 is 40.7 Å². The average Bonchev–Trinajstić information content (AvgIpc) is 2.63. The highest BCUT2D eigenvalue weighted by atomic mass is 35.5. The molecule has 1 aromatic heterocycles. The molecule has 26 heavy (non-hydrogen) atoms. The van der Waals surface area contributed by atoms with Gasteiger partial charge in [0.05, 0.1) is 11.8 Å². The maximum atomic E-state index is 11.5. The molecule has 3 aromatic rings. The van der Waals surface area contributed by atoms with Gasteiger partial charge in [0.2, 0.25) is 5.95 Å². The van der Waals surface area contributed by atoms with E-state index in [2.05, 4.69) is 20.6 Å². The van der Waals surface area contributed by atoms with Crippen LogP contribution in [0.2, 0.25) is 5.02 Å². The van der Waals surface area contributed by atoms with Crippen LogP contribution in [0, 0.1) is 0 Å². The summed E-state index contributed by atoms with van der Waals surface area (Å²) >= 11 is 6.20. The molecule has 0 saturated heterocycles. The van der Waals surface area contributed by atoms with Crippen molar-refractivity contribution in [3.8, 4) is 0 Å². The first-order valence-electron chi connectivity index (χ1n) is 8.09. The van der Waals surface area contributed by atoms with Gasteiger partial charge < -0.3 is 15.7 Å². The Labute approximate surface area is 154 Å². The molecule has 0 unspecified atom stereocenters. The smallest absolute Gasteiger partial charge is 0.335 e. The second kappa shape index (κ2) is 6.65. The lowest BCUT2D eigenvalue weighted by molar-refractivity contribution is 0.0697. The quantitative estimate of drug-likeness (QED) is 0.591. The number of aryl methyl sites for hydroxylation is 2. The van der Waals surface area contributed by atoms with Gasteiger partial charge in [-0.25, -0.2) is 9.78 Å². The molecule has 0 saturated carbocycles. The molecule has 0 fully saturated rings. The number of nitrogens with zero attached hydrogens (tertiary/aromatic N) is 2. The highest BCUT2D eigenvalue weighted by Crippen LogP contribution is 2.27. The van der Waals surface area contributed by atoms with Crippen molar-refractivity contribution in [1.29, 1.82) is 0 Å². The van der Waals surface area contributed by atoms with Crippen LogP contribution in [0.5, 0.6) is 0 Å². The molecular formula is C19H15ClN4O2. The zero-order chi connectivity index (χ0) is 18.1. The molecule has 6 nitrogen and oxygen atoms in total. The number of benzene rings is 2. The van der Waals surface area contributed by atoms with E-state index in [9.17, 15) is 9.90 Å². The lowest BCUT2D eigenvalue weighted by Gasteiger charge is -2.11. The van der Waals surface area contributed by atoms with Crippen LogP contribution < -0.4 is 10.6 Å². The predicted molar refractivity (Wildman–Crippen MR) is 101 cm³/mol. The fourth-order valence-electron chi connectivity index (χ4n) is 2.91. The van der Waals surface area contributed by atoms with Gasteiger partial charge in [0.25, 0.3) is 0 Å². The summed E-state index contributed by atoms with van der Waals surface area (Å²) in [6, 6.07) is 13.2. The van der Waals surface area contributed by atoms with Gasteiger partial charge in [-0.2, -0.15) is 4.98 Å². The summed E-state index contributed by atoms with van der Waals surface area (Å²) in [6.45, 7) is 0. The molecule has 0 amide bonds. The standard InChI is InChI=1S/C19H15ClN4O2/c20-16-10-21-19-23-14-3-1-2-11(7-14)4-5-12-6-13(18(25)26)9-15(8-12)22-17(16)24-19/h1-3,6-10H,4-5H2,(H,25,26)(H2,21,22,23,24). The van der Waals surface area contributed by atoms with Crippen molar-refractivity contribution in [2.45, 2.75) is 12.8 Å². The van der Waals surface area contributed by atoms with E-state index in [1.807, 2.05) is 30.3 Å². The minimum atomic E-state index is -0.975. The molecule has 1 aliphatic heterocycles. The Bertz CT molecular complexity index is 1010. The maximum Gasteiger partial charge on any atom is 0.335 e. The summed E-state index contributed by atoms with van der Waals surface area (Å²) in [5, 5.41) is 16.0. The highest BCUT2D eigenvalue weighted by molar-refractivity contribution is 6.32. The molecule has 2 aromatic carbocycles. The first-order valence-corrected chi connectivity index (χ1v) is 8.47. The SMILES string of the molecule is O=C(O)c1cc2cc(c1)Nc1nc(ncc1Cl)Nc1cccc(c1)CC2. The molecule has 3 N–H and O–H groups in total. The number of carboxylic acids is 1. The molecular weight excluding hydrogens is 352 g/mol. The van der Waals surface area contributed by atoms with Crippen molar-refractivity contribution in [3.05, 3.63) is 70.4 Å². The lowest BCUT2D eigenvalue weighted by atomic mass is 10.0. The van der Waals surface area contributed by atoms with Crippen molar-refractivity contribution in [1.82, 2.24) is 9.97 Å². The van der Waals surface area contributed by atoms with Gasteiger partial charge in [-0.1, -0.05) is 23.7 Å². The fraction of sp³-hybridized carbons (Fsp3) is 0.105. The molecule has 0 radical (unpaired) electrons. The van der Waals surface area contributed by atoms with Crippen molar-refractivity contribution in [2.24, 2.45) is 0 Å². The second-order valence-electron chi connectivity index (χ2n) is 6.06. The van der Waals surface area contributed by atoms with E-state index >= 15 is 0 Å². The van der Waals surface area contributed by atoms with Crippen molar-refractivity contribution < 1.29 is 9.90 Å². The number of carboxylic acid groups (broad SMARTS) is 1. The Morgan fingerprint density at radius 2 is 1.85 bits per heavy atom. The van der Waals surface area contributed by atoms with Gasteiger partial charge >= 0.3 is 5.97 Å². The summed E-state index contributed by atoms with van der Waals surface area (Å²) in [6.07, 6.45) is 3.01. The Morgan fingerprint density at radius 3 is 2.69 bits per heavy atom. The summed E-state index contributed by atoms with van der Waals surface area (Å²) < 4.78 is 0. The molecule has 0 spiro atoms. The first-order chi connectivity index (χ1) is 12.6. The largest absolute Gasteiger partial charge is 0.478 e. The molecule has 7 heteroatoms. The van der Waals surface area contributed by atoms with Crippen LogP contribution in [-0.4, -0.2) is 21.0 Å². The van der Waals surface area contributed by atoms with Gasteiger partial charge in [-0.15, -0.1) is 0 Å². The zero-order valence-corrected chi connectivity index (χ0v) is 14.4. The number of anilines is 4. The number of rotatable bonds is 1. The molecule has 4 rings (SSSR count). The van der Waals surface area contributed by atoms with Gasteiger partial charge in [0.1, 0.15) is 5.02 Å². The number of fused-ring (bicyclic) bond motifs is 6. The molecule has 1 aliphatic rings. The van der Waals surface area contributed by atoms with Crippen LogP contribution in [0.25, 0.3) is 0 Å². The van der Waals surface area contributed by atoms with E-state index in [-0.39, 0.29) is 5.56 Å². The van der Waals surface area contributed by atoms with Gasteiger partial charge in [-0.3, -0.25) is 0 Å². The van der Waals surface area contributed by atoms with Crippen LogP contribution in [0.15, 0.2) is 48.7 Å². The summed E-state index contributed by atoms with van der Waals surface area (Å²) in [5.41, 5.74) is 3.79. The topological polar surface area (TPSA) is 87.1 Å². The van der Waals surface area contributed by atoms with E-state index in [0.29, 0.717) is 22.5 Å². The maximum absolute atomic E-state index is 11.5. The summed E-state index contributed by atoms with van der Waals surface area (Å²) in [7, 11) is 0. The van der Waals surface area contributed by atoms with Crippen LogP contribution in [0.3, 0.4) is 0 Å².